The zero-order valence-electron chi connectivity index (χ0n) is 12.2. The molecule has 2 bridgehead atoms. The van der Waals surface area contributed by atoms with Gasteiger partial charge in [-0.3, -0.25) is 4.90 Å². The first kappa shape index (κ1) is 14.2. The fourth-order valence-corrected chi connectivity index (χ4v) is 4.49. The Bertz CT molecular complexity index is 502. The third kappa shape index (κ3) is 2.31. The van der Waals surface area contributed by atoms with E-state index >= 15 is 0 Å². The molecule has 0 amide bonds. The maximum absolute atomic E-state index is 3.95. The number of nitrogens with zero attached hydrogens (tertiary/aromatic N) is 2. The first-order valence-electron chi connectivity index (χ1n) is 7.51. The van der Waals surface area contributed by atoms with E-state index in [0.717, 1.165) is 16.9 Å². The summed E-state index contributed by atoms with van der Waals surface area (Å²) in [6.45, 7) is 6.17. The van der Waals surface area contributed by atoms with Crippen LogP contribution in [0.2, 0.25) is 0 Å². The van der Waals surface area contributed by atoms with Crippen LogP contribution in [0.15, 0.2) is 41.4 Å². The molecular formula is C17H23BrN2. The van der Waals surface area contributed by atoms with Crippen molar-refractivity contribution in [2.75, 3.05) is 25.0 Å². The number of fused-ring (bicyclic) bond motifs is 2. The molecule has 2 atom stereocenters. The van der Waals surface area contributed by atoms with Crippen LogP contribution >= 0.6 is 15.9 Å². The number of benzene rings is 1. The molecule has 1 saturated carbocycles. The Morgan fingerprint density at radius 1 is 1.55 bits per heavy atom. The van der Waals surface area contributed by atoms with Gasteiger partial charge in [-0.25, -0.2) is 0 Å². The molecule has 2 fully saturated rings. The van der Waals surface area contributed by atoms with Gasteiger partial charge in [-0.2, -0.15) is 0 Å². The summed E-state index contributed by atoms with van der Waals surface area (Å²) in [5, 5.41) is 0. The molecule has 1 aromatic rings. The highest BCUT2D eigenvalue weighted by atomic mass is 79.9. The largest absolute Gasteiger partial charge is 0.356 e. The topological polar surface area (TPSA) is 6.48 Å². The van der Waals surface area contributed by atoms with Gasteiger partial charge in [0.2, 0.25) is 0 Å². The monoisotopic (exact) mass is 334 g/mol. The predicted octanol–water partition coefficient (Wildman–Crippen LogP) is 4.27. The van der Waals surface area contributed by atoms with E-state index in [4.69, 9.17) is 0 Å². The summed E-state index contributed by atoms with van der Waals surface area (Å²) >= 11 is 3.59. The molecule has 108 valence electrons. The molecule has 3 heteroatoms. The molecule has 0 spiro atoms. The molecular weight excluding hydrogens is 312 g/mol. The lowest BCUT2D eigenvalue weighted by Gasteiger charge is -2.47. The van der Waals surface area contributed by atoms with Crippen LogP contribution in [0.25, 0.3) is 0 Å². The van der Waals surface area contributed by atoms with Gasteiger partial charge in [0.25, 0.3) is 0 Å². The van der Waals surface area contributed by atoms with Crippen LogP contribution in [0.3, 0.4) is 0 Å². The molecule has 1 aliphatic heterocycles. The zero-order chi connectivity index (χ0) is 14.2. The second kappa shape index (κ2) is 5.53. The van der Waals surface area contributed by atoms with Gasteiger partial charge in [0.15, 0.2) is 0 Å². The first-order valence-corrected chi connectivity index (χ1v) is 8.30. The molecule has 2 nitrogen and oxygen atoms in total. The van der Waals surface area contributed by atoms with Gasteiger partial charge in [0, 0.05) is 30.3 Å². The van der Waals surface area contributed by atoms with Gasteiger partial charge in [-0.15, -0.1) is 6.58 Å². The Morgan fingerprint density at radius 3 is 3.15 bits per heavy atom. The normalized spacial score (nSPS) is 29.4. The standard InChI is InChI=1S/C17H23BrN2/c1-3-10-20-13-14-6-5-9-17(20,12-14)19(2)16-8-4-7-15(18)11-16/h3-4,7-8,11,14H,1,5-6,9-10,12-13H2,2H3. The maximum Gasteiger partial charge on any atom is 0.0936 e. The summed E-state index contributed by atoms with van der Waals surface area (Å²) in [7, 11) is 2.26. The molecule has 0 aromatic heterocycles. The minimum atomic E-state index is 0.192. The molecule has 1 heterocycles. The van der Waals surface area contributed by atoms with Gasteiger partial charge in [0.1, 0.15) is 0 Å². The summed E-state index contributed by atoms with van der Waals surface area (Å²) in [6, 6.07) is 8.66. The van der Waals surface area contributed by atoms with E-state index in [2.05, 4.69) is 69.7 Å². The van der Waals surface area contributed by atoms with Crippen LogP contribution in [-0.4, -0.2) is 30.7 Å². The van der Waals surface area contributed by atoms with Crippen molar-refractivity contribution in [2.45, 2.75) is 31.3 Å². The number of hydrogen-bond donors (Lipinski definition) is 0. The Kier molecular flexibility index (Phi) is 3.91. The lowest BCUT2D eigenvalue weighted by atomic mass is 9.84. The summed E-state index contributed by atoms with van der Waals surface area (Å²) in [5.41, 5.74) is 1.49. The Balaban J connectivity index is 1.94. The molecule has 0 N–H and O–H groups in total. The summed E-state index contributed by atoms with van der Waals surface area (Å²) in [5.74, 6) is 0.860. The average Bonchev–Trinajstić information content (AvgIpc) is 2.70. The molecule has 20 heavy (non-hydrogen) atoms. The van der Waals surface area contributed by atoms with E-state index in [1.165, 1.54) is 37.9 Å². The highest BCUT2D eigenvalue weighted by Crippen LogP contribution is 2.46. The van der Waals surface area contributed by atoms with Crippen molar-refractivity contribution >= 4 is 21.6 Å². The smallest absolute Gasteiger partial charge is 0.0936 e. The third-order valence-electron chi connectivity index (χ3n) is 5.04. The van der Waals surface area contributed by atoms with Crippen molar-refractivity contribution in [3.05, 3.63) is 41.4 Å². The van der Waals surface area contributed by atoms with Gasteiger partial charge >= 0.3 is 0 Å². The molecule has 1 aromatic carbocycles. The molecule has 3 rings (SSSR count). The predicted molar refractivity (Wildman–Crippen MR) is 89.0 cm³/mol. The minimum absolute atomic E-state index is 0.192. The number of hydrogen-bond acceptors (Lipinski definition) is 2. The van der Waals surface area contributed by atoms with Gasteiger partial charge in [0.05, 0.1) is 5.66 Å². The molecule has 1 saturated heterocycles. The van der Waals surface area contributed by atoms with Crippen molar-refractivity contribution in [3.8, 4) is 0 Å². The minimum Gasteiger partial charge on any atom is -0.356 e. The third-order valence-corrected chi connectivity index (χ3v) is 5.53. The van der Waals surface area contributed by atoms with E-state index in [0.29, 0.717) is 0 Å². The second-order valence-corrected chi connectivity index (χ2v) is 7.09. The second-order valence-electron chi connectivity index (χ2n) is 6.18. The van der Waals surface area contributed by atoms with Gasteiger partial charge in [-0.05, 0) is 49.8 Å². The van der Waals surface area contributed by atoms with Crippen LogP contribution in [-0.2, 0) is 0 Å². The summed E-state index contributed by atoms with van der Waals surface area (Å²) in [4.78, 5) is 5.14. The van der Waals surface area contributed by atoms with Crippen LogP contribution in [0.1, 0.15) is 25.7 Å². The van der Waals surface area contributed by atoms with Crippen LogP contribution in [0.5, 0.6) is 0 Å². The van der Waals surface area contributed by atoms with E-state index in [1.54, 1.807) is 0 Å². The number of likely N-dealkylation sites (tertiary alicyclic amines) is 1. The van der Waals surface area contributed by atoms with E-state index in [-0.39, 0.29) is 5.66 Å². The number of rotatable bonds is 4. The lowest BCUT2D eigenvalue weighted by Crippen LogP contribution is -2.56. The fraction of sp³-hybridized carbons (Fsp3) is 0.529. The van der Waals surface area contributed by atoms with Crippen molar-refractivity contribution < 1.29 is 0 Å². The van der Waals surface area contributed by atoms with E-state index in [1.807, 2.05) is 0 Å². The number of anilines is 1. The summed E-state index contributed by atoms with van der Waals surface area (Å²) in [6.07, 6.45) is 7.35. The first-order chi connectivity index (χ1) is 9.65. The fourth-order valence-electron chi connectivity index (χ4n) is 4.11. The molecule has 2 unspecified atom stereocenters. The van der Waals surface area contributed by atoms with Crippen molar-refractivity contribution in [3.63, 3.8) is 0 Å². The van der Waals surface area contributed by atoms with Gasteiger partial charge in [-0.1, -0.05) is 28.1 Å². The zero-order valence-corrected chi connectivity index (χ0v) is 13.8. The average molecular weight is 335 g/mol. The molecule has 2 aliphatic rings. The van der Waals surface area contributed by atoms with Crippen LogP contribution in [0, 0.1) is 5.92 Å². The highest BCUT2D eigenvalue weighted by molar-refractivity contribution is 9.10. The van der Waals surface area contributed by atoms with Crippen molar-refractivity contribution in [1.82, 2.24) is 4.90 Å². The summed E-state index contributed by atoms with van der Waals surface area (Å²) < 4.78 is 1.15. The van der Waals surface area contributed by atoms with Crippen molar-refractivity contribution in [2.24, 2.45) is 5.92 Å². The van der Waals surface area contributed by atoms with E-state index in [9.17, 15) is 0 Å². The number of halogens is 1. The Labute approximate surface area is 130 Å². The van der Waals surface area contributed by atoms with Crippen molar-refractivity contribution in [1.29, 1.82) is 0 Å². The Morgan fingerprint density at radius 2 is 2.40 bits per heavy atom. The van der Waals surface area contributed by atoms with E-state index < -0.39 is 0 Å². The van der Waals surface area contributed by atoms with Crippen LogP contribution < -0.4 is 4.90 Å². The van der Waals surface area contributed by atoms with Crippen LogP contribution in [0.4, 0.5) is 5.69 Å². The molecule has 1 aliphatic carbocycles. The highest BCUT2D eigenvalue weighted by Gasteiger charge is 2.50. The van der Waals surface area contributed by atoms with Gasteiger partial charge < -0.3 is 4.90 Å². The Hall–Kier alpha value is -0.800. The molecule has 0 radical (unpaired) electrons. The maximum atomic E-state index is 3.95. The quantitative estimate of drug-likeness (QED) is 0.758. The SMILES string of the molecule is C=CCN1CC2CCCC1(N(C)c1cccc(Br)c1)C2. The lowest BCUT2D eigenvalue weighted by molar-refractivity contribution is 0.136.